The molecule has 0 aliphatic heterocycles. The van der Waals surface area contributed by atoms with Gasteiger partial charge in [0.05, 0.1) is 11.1 Å². The molecule has 0 fully saturated rings. The van der Waals surface area contributed by atoms with Crippen molar-refractivity contribution in [3.8, 4) is 0 Å². The molecule has 0 amide bonds. The number of hydrogen-bond acceptors (Lipinski definition) is 1. The highest BCUT2D eigenvalue weighted by Gasteiger charge is 2.36. The summed E-state index contributed by atoms with van der Waals surface area (Å²) in [4.78, 5) is 10.5. The summed E-state index contributed by atoms with van der Waals surface area (Å²) in [7, 11) is 0. The van der Waals surface area contributed by atoms with E-state index in [1.54, 1.807) is 0 Å². The smallest absolute Gasteiger partial charge is 0.298 e. The van der Waals surface area contributed by atoms with Crippen molar-refractivity contribution in [2.75, 3.05) is 0 Å². The van der Waals surface area contributed by atoms with Crippen LogP contribution in [0.4, 0.5) is 26.3 Å². The molecule has 0 spiro atoms. The fraction of sp³-hybridized carbons (Fsp3) is 0.118. The summed E-state index contributed by atoms with van der Waals surface area (Å²) >= 11 is 0. The number of rotatable bonds is 3. The van der Waals surface area contributed by atoms with Gasteiger partial charge in [-0.05, 0) is 29.3 Å². The van der Waals surface area contributed by atoms with Gasteiger partial charge in [0, 0.05) is 5.56 Å². The molecule has 2 aromatic rings. The molecule has 126 valence electrons. The molecule has 0 bridgehead atoms. The first-order valence-electron chi connectivity index (χ1n) is 6.62. The SMILES string of the molecule is O=Cc1ccc(/C=C/c2cc(C(F)(F)F)cc(C(F)(F)F)c2)cc1. The minimum absolute atomic E-state index is 0.0796. The van der Waals surface area contributed by atoms with E-state index >= 15 is 0 Å². The van der Waals surface area contributed by atoms with Crippen LogP contribution < -0.4 is 0 Å². The summed E-state index contributed by atoms with van der Waals surface area (Å²) in [5.41, 5.74) is -2.02. The summed E-state index contributed by atoms with van der Waals surface area (Å²) in [5.74, 6) is 0. The average molecular weight is 344 g/mol. The minimum atomic E-state index is -4.88. The Labute approximate surface area is 133 Å². The van der Waals surface area contributed by atoms with Gasteiger partial charge in [0.2, 0.25) is 0 Å². The summed E-state index contributed by atoms with van der Waals surface area (Å²) in [6.45, 7) is 0. The third-order valence-corrected chi connectivity index (χ3v) is 3.15. The zero-order valence-corrected chi connectivity index (χ0v) is 11.9. The monoisotopic (exact) mass is 344 g/mol. The first-order chi connectivity index (χ1) is 11.1. The number of aldehydes is 1. The molecule has 0 heterocycles. The molecule has 0 saturated heterocycles. The van der Waals surface area contributed by atoms with Crippen LogP contribution in [0.5, 0.6) is 0 Å². The highest BCUT2D eigenvalue weighted by molar-refractivity contribution is 5.76. The van der Waals surface area contributed by atoms with E-state index in [2.05, 4.69) is 0 Å². The summed E-state index contributed by atoms with van der Waals surface area (Å²) in [5, 5.41) is 0. The maximum absolute atomic E-state index is 12.8. The Hall–Kier alpha value is -2.57. The van der Waals surface area contributed by atoms with Crippen molar-refractivity contribution in [1.82, 2.24) is 0 Å². The van der Waals surface area contributed by atoms with Gasteiger partial charge in [-0.2, -0.15) is 26.3 Å². The predicted molar refractivity (Wildman–Crippen MR) is 77.2 cm³/mol. The van der Waals surface area contributed by atoms with Crippen LogP contribution in [0.15, 0.2) is 42.5 Å². The number of carbonyl (C=O) groups is 1. The second-order valence-electron chi connectivity index (χ2n) is 4.96. The lowest BCUT2D eigenvalue weighted by atomic mass is 10.0. The Bertz CT molecular complexity index is 722. The number of halogens is 6. The van der Waals surface area contributed by atoms with E-state index in [0.717, 1.165) is 6.08 Å². The molecule has 0 atom stereocenters. The molecule has 1 nitrogen and oxygen atoms in total. The third-order valence-electron chi connectivity index (χ3n) is 3.15. The Kier molecular flexibility index (Phi) is 4.82. The summed E-state index contributed by atoms with van der Waals surface area (Å²) in [6.07, 6.45) is -6.62. The zero-order chi connectivity index (χ0) is 18.0. The number of alkyl halides is 6. The van der Waals surface area contributed by atoms with E-state index < -0.39 is 23.5 Å². The van der Waals surface area contributed by atoms with Gasteiger partial charge in [0.1, 0.15) is 6.29 Å². The van der Waals surface area contributed by atoms with Crippen molar-refractivity contribution >= 4 is 18.4 Å². The third kappa shape index (κ3) is 4.47. The fourth-order valence-corrected chi connectivity index (χ4v) is 1.95. The second-order valence-corrected chi connectivity index (χ2v) is 4.96. The van der Waals surface area contributed by atoms with Crippen molar-refractivity contribution in [3.05, 3.63) is 70.3 Å². The first kappa shape index (κ1) is 17.8. The highest BCUT2D eigenvalue weighted by atomic mass is 19.4. The van der Waals surface area contributed by atoms with Gasteiger partial charge < -0.3 is 0 Å². The molecule has 0 unspecified atom stereocenters. The van der Waals surface area contributed by atoms with E-state index in [4.69, 9.17) is 0 Å². The summed E-state index contributed by atoms with van der Waals surface area (Å²) in [6, 6.07) is 7.39. The number of hydrogen-bond donors (Lipinski definition) is 0. The molecule has 0 saturated carbocycles. The zero-order valence-electron chi connectivity index (χ0n) is 11.9. The van der Waals surface area contributed by atoms with Gasteiger partial charge in [-0.25, -0.2) is 0 Å². The summed E-state index contributed by atoms with van der Waals surface area (Å²) < 4.78 is 76.5. The van der Waals surface area contributed by atoms with Crippen molar-refractivity contribution in [2.45, 2.75) is 12.4 Å². The van der Waals surface area contributed by atoms with Crippen LogP contribution in [-0.2, 0) is 12.4 Å². The van der Waals surface area contributed by atoms with Crippen LogP contribution in [0, 0.1) is 0 Å². The van der Waals surface area contributed by atoms with E-state index in [0.29, 0.717) is 29.5 Å². The van der Waals surface area contributed by atoms with Gasteiger partial charge in [0.25, 0.3) is 0 Å². The predicted octanol–water partition coefficient (Wildman–Crippen LogP) is 5.71. The quantitative estimate of drug-likeness (QED) is 0.396. The standard InChI is InChI=1S/C17H10F6O/c18-16(19,20)14-7-13(8-15(9-14)17(21,22)23)6-3-11-1-4-12(10-24)5-2-11/h1-10H/b6-3+. The topological polar surface area (TPSA) is 17.1 Å². The number of benzene rings is 2. The van der Waals surface area contributed by atoms with Gasteiger partial charge in [-0.1, -0.05) is 36.4 Å². The maximum Gasteiger partial charge on any atom is 0.416 e. The van der Waals surface area contributed by atoms with Crippen molar-refractivity contribution < 1.29 is 31.1 Å². The van der Waals surface area contributed by atoms with Gasteiger partial charge >= 0.3 is 12.4 Å². The molecule has 0 radical (unpaired) electrons. The van der Waals surface area contributed by atoms with Crippen molar-refractivity contribution in [2.24, 2.45) is 0 Å². The van der Waals surface area contributed by atoms with Crippen LogP contribution in [0.2, 0.25) is 0 Å². The van der Waals surface area contributed by atoms with Crippen LogP contribution in [0.25, 0.3) is 12.2 Å². The molecule has 0 aromatic heterocycles. The Balaban J connectivity index is 2.41. The van der Waals surface area contributed by atoms with Crippen LogP contribution in [0.3, 0.4) is 0 Å². The molecular weight excluding hydrogens is 334 g/mol. The van der Waals surface area contributed by atoms with Crippen molar-refractivity contribution in [3.63, 3.8) is 0 Å². The van der Waals surface area contributed by atoms with Gasteiger partial charge in [0.15, 0.2) is 0 Å². The molecular formula is C17H10F6O. The Morgan fingerprint density at radius 2 is 1.04 bits per heavy atom. The Morgan fingerprint density at radius 3 is 1.46 bits per heavy atom. The van der Waals surface area contributed by atoms with Crippen molar-refractivity contribution in [1.29, 1.82) is 0 Å². The molecule has 2 rings (SSSR count). The lowest BCUT2D eigenvalue weighted by Crippen LogP contribution is -2.11. The first-order valence-corrected chi connectivity index (χ1v) is 6.62. The van der Waals surface area contributed by atoms with Gasteiger partial charge in [-0.15, -0.1) is 0 Å². The highest BCUT2D eigenvalue weighted by Crippen LogP contribution is 2.36. The van der Waals surface area contributed by atoms with E-state index in [1.807, 2.05) is 0 Å². The minimum Gasteiger partial charge on any atom is -0.298 e. The van der Waals surface area contributed by atoms with Crippen LogP contribution in [0.1, 0.15) is 32.6 Å². The molecule has 7 heteroatoms. The van der Waals surface area contributed by atoms with E-state index in [9.17, 15) is 31.1 Å². The largest absolute Gasteiger partial charge is 0.416 e. The molecule has 0 N–H and O–H groups in total. The number of carbonyl (C=O) groups excluding carboxylic acids is 1. The van der Waals surface area contributed by atoms with Crippen LogP contribution >= 0.6 is 0 Å². The van der Waals surface area contributed by atoms with Gasteiger partial charge in [-0.3, -0.25) is 4.79 Å². The fourth-order valence-electron chi connectivity index (χ4n) is 1.95. The lowest BCUT2D eigenvalue weighted by Gasteiger charge is -2.12. The molecule has 0 aliphatic rings. The Morgan fingerprint density at radius 1 is 0.625 bits per heavy atom. The van der Waals surface area contributed by atoms with Crippen LogP contribution in [-0.4, -0.2) is 6.29 Å². The van der Waals surface area contributed by atoms with E-state index in [1.165, 1.54) is 30.3 Å². The van der Waals surface area contributed by atoms with E-state index in [-0.39, 0.29) is 11.6 Å². The lowest BCUT2D eigenvalue weighted by molar-refractivity contribution is -0.143. The normalized spacial score (nSPS) is 12.6. The average Bonchev–Trinajstić information content (AvgIpc) is 2.51. The molecule has 2 aromatic carbocycles. The second kappa shape index (κ2) is 6.51. The molecule has 24 heavy (non-hydrogen) atoms. The maximum atomic E-state index is 12.8. The molecule has 0 aliphatic carbocycles.